The third-order valence-corrected chi connectivity index (χ3v) is 2.36. The van der Waals surface area contributed by atoms with Gasteiger partial charge in [0.2, 0.25) is 0 Å². The molecule has 0 amide bonds. The maximum absolute atomic E-state index is 12.7. The fourth-order valence-electron chi connectivity index (χ4n) is 1.05. The van der Waals surface area contributed by atoms with Gasteiger partial charge in [0.25, 0.3) is 0 Å². The number of rotatable bonds is 6. The van der Waals surface area contributed by atoms with Crippen LogP contribution in [0, 0.1) is 0 Å². The summed E-state index contributed by atoms with van der Waals surface area (Å²) in [5, 5.41) is 0. The van der Waals surface area contributed by atoms with Gasteiger partial charge in [0.1, 0.15) is 0 Å². The molecule has 1 nitrogen and oxygen atoms in total. The molecule has 0 unspecified atom stereocenters. The van der Waals surface area contributed by atoms with Crippen LogP contribution in [0.1, 0.15) is 6.42 Å². The molecule has 0 aromatic carbocycles. The van der Waals surface area contributed by atoms with Crippen molar-refractivity contribution in [1.82, 2.24) is 0 Å². The highest BCUT2D eigenvalue weighted by atomic mass is 19.4. The summed E-state index contributed by atoms with van der Waals surface area (Å²) < 4.78 is 172. The molecule has 0 aromatic heterocycles. The number of carbonyl (C=O) groups excluding carboxylic acids is 1. The minimum atomic E-state index is -7.60. The second-order valence-corrected chi connectivity index (χ2v) is 4.08. The number of alkyl halides is 13. The molecule has 0 aliphatic rings. The van der Waals surface area contributed by atoms with E-state index >= 15 is 0 Å². The lowest BCUT2D eigenvalue weighted by atomic mass is 9.95. The molecule has 23 heavy (non-hydrogen) atoms. The summed E-state index contributed by atoms with van der Waals surface area (Å²) in [6, 6.07) is -4.29. The molecule has 0 aliphatic heterocycles. The zero-order valence-corrected chi connectivity index (χ0v) is 9.91. The summed E-state index contributed by atoms with van der Waals surface area (Å²) in [4.78, 5) is 9.55. The molecule has 0 spiro atoms. The Hall–Kier alpha value is -1.31. The SMILES string of the molecule is O=C(F)C(F)(F)C(F)(F)CC(F)(F)C(F)(F)C(F)(F)C(F)(F)F. The van der Waals surface area contributed by atoms with Gasteiger partial charge < -0.3 is 0 Å². The third kappa shape index (κ3) is 3.32. The highest BCUT2D eigenvalue weighted by molar-refractivity contribution is 5.77. The van der Waals surface area contributed by atoms with E-state index in [0.29, 0.717) is 0 Å². The van der Waals surface area contributed by atoms with Crippen LogP contribution in [0.15, 0.2) is 0 Å². The van der Waals surface area contributed by atoms with Crippen LogP contribution in [-0.4, -0.2) is 41.8 Å². The van der Waals surface area contributed by atoms with E-state index in [1.807, 2.05) is 0 Å². The van der Waals surface area contributed by atoms with Gasteiger partial charge in [-0.3, -0.25) is 4.79 Å². The normalized spacial score (nSPS) is 15.7. The zero-order valence-electron chi connectivity index (χ0n) is 9.91. The van der Waals surface area contributed by atoms with Gasteiger partial charge in [0.15, 0.2) is 0 Å². The molecular weight excluding hydrogens is 378 g/mol. The van der Waals surface area contributed by atoms with Crippen molar-refractivity contribution in [2.45, 2.75) is 42.2 Å². The Morgan fingerprint density at radius 3 is 1.22 bits per heavy atom. The predicted molar refractivity (Wildman–Crippen MR) is 41.5 cm³/mol. The second kappa shape index (κ2) is 5.36. The van der Waals surface area contributed by atoms with Crippen LogP contribution in [0.2, 0.25) is 0 Å². The van der Waals surface area contributed by atoms with E-state index in [-0.39, 0.29) is 0 Å². The largest absolute Gasteiger partial charge is 0.460 e. The Kier molecular flexibility index (Phi) is 5.05. The van der Waals surface area contributed by atoms with Crippen LogP contribution in [0.3, 0.4) is 0 Å². The first kappa shape index (κ1) is 21.7. The fraction of sp³-hybridized carbons (Fsp3) is 0.875. The van der Waals surface area contributed by atoms with Crippen molar-refractivity contribution in [2.24, 2.45) is 0 Å². The standard InChI is InChI=1S/C8H2F14O/c9-2(23)5(14,15)3(10,11)1-4(12,13)6(16,17)7(18,19)8(20,21)22/h1H2. The van der Waals surface area contributed by atoms with Crippen LogP contribution in [0.5, 0.6) is 0 Å². The van der Waals surface area contributed by atoms with Gasteiger partial charge in [-0.05, 0) is 0 Å². The van der Waals surface area contributed by atoms with Gasteiger partial charge in [0.05, 0.1) is 6.42 Å². The van der Waals surface area contributed by atoms with Crippen molar-refractivity contribution in [3.8, 4) is 0 Å². The second-order valence-electron chi connectivity index (χ2n) is 4.08. The Morgan fingerprint density at radius 1 is 0.609 bits per heavy atom. The Bertz CT molecular complexity index is 460. The topological polar surface area (TPSA) is 17.1 Å². The number of hydrogen-bond donors (Lipinski definition) is 0. The van der Waals surface area contributed by atoms with Gasteiger partial charge in [-0.2, -0.15) is 61.5 Å². The molecule has 0 N–H and O–H groups in total. The molecule has 0 fully saturated rings. The van der Waals surface area contributed by atoms with E-state index in [0.717, 1.165) is 0 Å². The average Bonchev–Trinajstić information content (AvgIpc) is 2.24. The lowest BCUT2D eigenvalue weighted by Gasteiger charge is -2.35. The molecule has 0 heterocycles. The molecule has 138 valence electrons. The molecule has 0 saturated carbocycles. The fourth-order valence-corrected chi connectivity index (χ4v) is 1.05. The molecule has 0 aromatic rings. The van der Waals surface area contributed by atoms with Gasteiger partial charge in [-0.1, -0.05) is 0 Å². The van der Waals surface area contributed by atoms with Crippen LogP contribution >= 0.6 is 0 Å². The van der Waals surface area contributed by atoms with Crippen LogP contribution in [-0.2, 0) is 4.79 Å². The van der Waals surface area contributed by atoms with E-state index in [4.69, 9.17) is 0 Å². The molecule has 0 rings (SSSR count). The third-order valence-electron chi connectivity index (χ3n) is 2.36. The first-order valence-electron chi connectivity index (χ1n) is 4.81. The number of carbonyl (C=O) groups is 1. The van der Waals surface area contributed by atoms with E-state index in [2.05, 4.69) is 0 Å². The maximum atomic E-state index is 12.7. The Labute approximate surface area is 116 Å². The van der Waals surface area contributed by atoms with E-state index < -0.39 is 48.2 Å². The smallest absolute Gasteiger partial charge is 0.254 e. The van der Waals surface area contributed by atoms with Crippen molar-refractivity contribution in [1.29, 1.82) is 0 Å². The van der Waals surface area contributed by atoms with Crippen molar-refractivity contribution < 1.29 is 66.3 Å². The summed E-state index contributed by atoms with van der Waals surface area (Å²) in [7, 11) is 0. The lowest BCUT2D eigenvalue weighted by molar-refractivity contribution is -0.403. The molecule has 15 heteroatoms. The van der Waals surface area contributed by atoms with Gasteiger partial charge >= 0.3 is 41.8 Å². The number of hydrogen-bond acceptors (Lipinski definition) is 1. The maximum Gasteiger partial charge on any atom is 0.460 e. The van der Waals surface area contributed by atoms with Crippen LogP contribution in [0.25, 0.3) is 0 Å². The van der Waals surface area contributed by atoms with Crippen molar-refractivity contribution in [2.75, 3.05) is 0 Å². The van der Waals surface area contributed by atoms with E-state index in [9.17, 15) is 66.3 Å². The zero-order chi connectivity index (χ0) is 19.3. The van der Waals surface area contributed by atoms with Crippen LogP contribution < -0.4 is 0 Å². The molecule has 0 bridgehead atoms. The molecule has 0 saturated heterocycles. The highest BCUT2D eigenvalue weighted by Crippen LogP contribution is 2.56. The first-order valence-corrected chi connectivity index (χ1v) is 4.81. The minimum absolute atomic E-state index is 4.29. The van der Waals surface area contributed by atoms with Gasteiger partial charge in [0, 0.05) is 0 Å². The quantitative estimate of drug-likeness (QED) is 0.486. The van der Waals surface area contributed by atoms with Crippen molar-refractivity contribution in [3.63, 3.8) is 0 Å². The number of halogens is 14. The van der Waals surface area contributed by atoms with Crippen molar-refractivity contribution in [3.05, 3.63) is 0 Å². The van der Waals surface area contributed by atoms with E-state index in [1.165, 1.54) is 0 Å². The Morgan fingerprint density at radius 2 is 0.957 bits per heavy atom. The summed E-state index contributed by atoms with van der Waals surface area (Å²) in [6.07, 6.45) is -11.7. The average molecular weight is 380 g/mol. The highest BCUT2D eigenvalue weighted by Gasteiger charge is 2.83. The monoisotopic (exact) mass is 380 g/mol. The van der Waals surface area contributed by atoms with Crippen molar-refractivity contribution >= 4 is 6.04 Å². The summed E-state index contributed by atoms with van der Waals surface area (Å²) in [5.74, 6) is -35.6. The molecular formula is C8H2F14O. The summed E-state index contributed by atoms with van der Waals surface area (Å²) in [5.41, 5.74) is 0. The summed E-state index contributed by atoms with van der Waals surface area (Å²) >= 11 is 0. The molecule has 0 radical (unpaired) electrons. The van der Waals surface area contributed by atoms with Crippen LogP contribution in [0.4, 0.5) is 61.5 Å². The molecule has 0 atom stereocenters. The van der Waals surface area contributed by atoms with Gasteiger partial charge in [-0.25, -0.2) is 0 Å². The lowest BCUT2D eigenvalue weighted by Crippen LogP contribution is -2.63. The first-order chi connectivity index (χ1) is 9.65. The predicted octanol–water partition coefficient (Wildman–Crippen LogP) is 4.61. The van der Waals surface area contributed by atoms with Gasteiger partial charge in [-0.15, -0.1) is 0 Å². The minimum Gasteiger partial charge on any atom is -0.254 e. The van der Waals surface area contributed by atoms with E-state index in [1.54, 1.807) is 0 Å². The Balaban J connectivity index is 5.88. The molecule has 0 aliphatic carbocycles. The summed E-state index contributed by atoms with van der Waals surface area (Å²) in [6.45, 7) is 0.